The van der Waals surface area contributed by atoms with Gasteiger partial charge >= 0.3 is 0 Å². The lowest BCUT2D eigenvalue weighted by Crippen LogP contribution is -2.33. The lowest BCUT2D eigenvalue weighted by molar-refractivity contribution is -0.119. The second-order valence-electron chi connectivity index (χ2n) is 5.05. The molecule has 3 rings (SSSR count). The van der Waals surface area contributed by atoms with Crippen molar-refractivity contribution < 1.29 is 9.18 Å². The van der Waals surface area contributed by atoms with Crippen molar-refractivity contribution in [3.8, 4) is 0 Å². The number of hydrogen-bond acceptors (Lipinski definition) is 2. The molecule has 0 bridgehead atoms. The molecule has 2 aromatic rings. The number of rotatable bonds is 2. The van der Waals surface area contributed by atoms with Gasteiger partial charge in [-0.15, -0.1) is 0 Å². The number of halogens is 2. The van der Waals surface area contributed by atoms with Gasteiger partial charge in [0.1, 0.15) is 5.82 Å². The summed E-state index contributed by atoms with van der Waals surface area (Å²) in [7, 11) is 0. The van der Waals surface area contributed by atoms with Gasteiger partial charge in [-0.05, 0) is 58.8 Å². The zero-order valence-electron chi connectivity index (χ0n) is 11.2. The number of anilines is 2. The molecule has 108 valence electrons. The highest BCUT2D eigenvalue weighted by Crippen LogP contribution is 2.26. The largest absolute Gasteiger partial charge is 0.384 e. The Morgan fingerprint density at radius 3 is 2.90 bits per heavy atom. The van der Waals surface area contributed by atoms with Crippen LogP contribution in [-0.4, -0.2) is 12.5 Å². The summed E-state index contributed by atoms with van der Waals surface area (Å²) in [5.74, 6) is -0.465. The summed E-state index contributed by atoms with van der Waals surface area (Å²) >= 11 is 2.02. The zero-order valence-corrected chi connectivity index (χ0v) is 13.4. The van der Waals surface area contributed by atoms with Crippen molar-refractivity contribution >= 4 is 39.9 Å². The molecular formula is C16H14FIN2O. The SMILES string of the molecule is O=C(Nc1ccc(F)cc1I)C1CNc2ccccc2C1. The summed E-state index contributed by atoms with van der Waals surface area (Å²) in [6.07, 6.45) is 0.715. The topological polar surface area (TPSA) is 41.1 Å². The second kappa shape index (κ2) is 6.01. The summed E-state index contributed by atoms with van der Waals surface area (Å²) in [6.45, 7) is 0.612. The molecule has 0 aromatic heterocycles. The highest BCUT2D eigenvalue weighted by Gasteiger charge is 2.24. The number of amides is 1. The Bertz CT molecular complexity index is 690. The van der Waals surface area contributed by atoms with Gasteiger partial charge in [0, 0.05) is 15.8 Å². The van der Waals surface area contributed by atoms with Crippen molar-refractivity contribution in [1.29, 1.82) is 0 Å². The summed E-state index contributed by atoms with van der Waals surface area (Å²) in [4.78, 5) is 12.4. The highest BCUT2D eigenvalue weighted by atomic mass is 127. The lowest BCUT2D eigenvalue weighted by Gasteiger charge is -2.25. The minimum Gasteiger partial charge on any atom is -0.384 e. The van der Waals surface area contributed by atoms with E-state index in [1.807, 2.05) is 46.9 Å². The molecule has 2 aromatic carbocycles. The van der Waals surface area contributed by atoms with Crippen LogP contribution in [0.4, 0.5) is 15.8 Å². The van der Waals surface area contributed by atoms with Crippen LogP contribution in [0.3, 0.4) is 0 Å². The Labute approximate surface area is 136 Å². The van der Waals surface area contributed by atoms with E-state index < -0.39 is 0 Å². The third-order valence-electron chi connectivity index (χ3n) is 3.58. The van der Waals surface area contributed by atoms with E-state index in [0.717, 1.165) is 11.3 Å². The van der Waals surface area contributed by atoms with E-state index in [1.54, 1.807) is 6.07 Å². The van der Waals surface area contributed by atoms with Gasteiger partial charge in [-0.2, -0.15) is 0 Å². The molecule has 1 aliphatic heterocycles. The minimum absolute atomic E-state index is 0.0403. The zero-order chi connectivity index (χ0) is 14.8. The first kappa shape index (κ1) is 14.3. The summed E-state index contributed by atoms with van der Waals surface area (Å²) < 4.78 is 13.8. The molecule has 0 spiro atoms. The fraction of sp³-hybridized carbons (Fsp3) is 0.188. The Morgan fingerprint density at radius 2 is 2.10 bits per heavy atom. The van der Waals surface area contributed by atoms with Crippen LogP contribution in [0.25, 0.3) is 0 Å². The van der Waals surface area contributed by atoms with Crippen molar-refractivity contribution in [3.05, 3.63) is 57.4 Å². The Hall–Kier alpha value is -1.63. The maximum atomic E-state index is 13.1. The van der Waals surface area contributed by atoms with Crippen LogP contribution < -0.4 is 10.6 Å². The first-order valence-electron chi connectivity index (χ1n) is 6.71. The number of carbonyl (C=O) groups excluding carboxylic acids is 1. The van der Waals surface area contributed by atoms with E-state index in [-0.39, 0.29) is 17.6 Å². The first-order chi connectivity index (χ1) is 10.1. The van der Waals surface area contributed by atoms with Crippen LogP contribution in [0, 0.1) is 15.3 Å². The first-order valence-corrected chi connectivity index (χ1v) is 7.79. The predicted molar refractivity (Wildman–Crippen MR) is 89.9 cm³/mol. The fourth-order valence-electron chi connectivity index (χ4n) is 2.45. The van der Waals surface area contributed by atoms with Crippen LogP contribution >= 0.6 is 22.6 Å². The van der Waals surface area contributed by atoms with E-state index in [0.29, 0.717) is 22.2 Å². The van der Waals surface area contributed by atoms with E-state index >= 15 is 0 Å². The third-order valence-corrected chi connectivity index (χ3v) is 4.47. The van der Waals surface area contributed by atoms with Crippen LogP contribution in [0.2, 0.25) is 0 Å². The molecule has 0 saturated heterocycles. The van der Waals surface area contributed by atoms with Crippen molar-refractivity contribution in [3.63, 3.8) is 0 Å². The van der Waals surface area contributed by atoms with Crippen molar-refractivity contribution in [1.82, 2.24) is 0 Å². The molecule has 5 heteroatoms. The van der Waals surface area contributed by atoms with Gasteiger partial charge in [-0.3, -0.25) is 4.79 Å². The molecule has 1 atom stereocenters. The summed E-state index contributed by atoms with van der Waals surface area (Å²) in [5, 5.41) is 6.17. The molecule has 0 saturated carbocycles. The Morgan fingerprint density at radius 1 is 1.29 bits per heavy atom. The van der Waals surface area contributed by atoms with Crippen LogP contribution in [0.1, 0.15) is 5.56 Å². The van der Waals surface area contributed by atoms with Gasteiger partial charge in [0.05, 0.1) is 11.6 Å². The van der Waals surface area contributed by atoms with E-state index in [2.05, 4.69) is 10.6 Å². The molecule has 2 N–H and O–H groups in total. The molecule has 1 aliphatic rings. The third kappa shape index (κ3) is 3.18. The van der Waals surface area contributed by atoms with Gasteiger partial charge in [0.25, 0.3) is 0 Å². The number of benzene rings is 2. The minimum atomic E-state index is -0.300. The lowest BCUT2D eigenvalue weighted by atomic mass is 9.93. The van der Waals surface area contributed by atoms with E-state index in [9.17, 15) is 9.18 Å². The van der Waals surface area contributed by atoms with E-state index in [4.69, 9.17) is 0 Å². The van der Waals surface area contributed by atoms with Gasteiger partial charge in [0.15, 0.2) is 0 Å². The number of para-hydroxylation sites is 1. The normalized spacial score (nSPS) is 16.8. The number of nitrogens with one attached hydrogen (secondary N) is 2. The molecule has 0 aliphatic carbocycles. The molecule has 1 amide bonds. The van der Waals surface area contributed by atoms with Crippen molar-refractivity contribution in [2.45, 2.75) is 6.42 Å². The van der Waals surface area contributed by atoms with Crippen LogP contribution in [0.5, 0.6) is 0 Å². The van der Waals surface area contributed by atoms with Gasteiger partial charge in [-0.1, -0.05) is 18.2 Å². The quantitative estimate of drug-likeness (QED) is 0.761. The molecule has 3 nitrogen and oxygen atoms in total. The average Bonchev–Trinajstić information content (AvgIpc) is 2.49. The fourth-order valence-corrected chi connectivity index (χ4v) is 3.06. The molecule has 0 fully saturated rings. The maximum Gasteiger partial charge on any atom is 0.229 e. The Balaban J connectivity index is 1.72. The summed E-state index contributed by atoms with van der Waals surface area (Å²) in [6, 6.07) is 12.4. The molecule has 1 unspecified atom stereocenters. The van der Waals surface area contributed by atoms with Crippen molar-refractivity contribution in [2.75, 3.05) is 17.2 Å². The van der Waals surface area contributed by atoms with Gasteiger partial charge < -0.3 is 10.6 Å². The van der Waals surface area contributed by atoms with Gasteiger partial charge in [0.2, 0.25) is 5.91 Å². The summed E-state index contributed by atoms with van der Waals surface area (Å²) in [5.41, 5.74) is 2.90. The standard InChI is InChI=1S/C16H14FIN2O/c17-12-5-6-15(13(18)8-12)20-16(21)11-7-10-3-1-2-4-14(10)19-9-11/h1-6,8,11,19H,7,9H2,(H,20,21). The van der Waals surface area contributed by atoms with Crippen LogP contribution in [-0.2, 0) is 11.2 Å². The Kier molecular flexibility index (Phi) is 4.10. The van der Waals surface area contributed by atoms with Crippen LogP contribution in [0.15, 0.2) is 42.5 Å². The van der Waals surface area contributed by atoms with E-state index in [1.165, 1.54) is 12.1 Å². The number of carbonyl (C=O) groups is 1. The number of hydrogen-bond donors (Lipinski definition) is 2. The predicted octanol–water partition coefficient (Wildman–Crippen LogP) is 3.65. The van der Waals surface area contributed by atoms with Crippen molar-refractivity contribution in [2.24, 2.45) is 5.92 Å². The maximum absolute atomic E-state index is 13.1. The average molecular weight is 396 g/mol. The smallest absolute Gasteiger partial charge is 0.229 e. The molecule has 1 heterocycles. The molecule has 21 heavy (non-hydrogen) atoms. The number of fused-ring (bicyclic) bond motifs is 1. The second-order valence-corrected chi connectivity index (χ2v) is 6.21. The van der Waals surface area contributed by atoms with Gasteiger partial charge in [-0.25, -0.2) is 4.39 Å². The molecular weight excluding hydrogens is 382 g/mol. The molecule has 0 radical (unpaired) electrons. The highest BCUT2D eigenvalue weighted by molar-refractivity contribution is 14.1. The monoisotopic (exact) mass is 396 g/mol.